The lowest BCUT2D eigenvalue weighted by Gasteiger charge is -2.22. The Hall–Kier alpha value is -0.0400. The molecule has 0 bridgehead atoms. The standard InChI is InChI=1S/C7H16.C2H7N/c1-6(2)7(3,4)5;1-3-2/h6H,1-5H3;3H,1-2H3. The molecule has 0 aliphatic carbocycles. The van der Waals surface area contributed by atoms with Crippen molar-refractivity contribution < 1.29 is 0 Å². The van der Waals surface area contributed by atoms with Gasteiger partial charge >= 0.3 is 0 Å². The number of nitrogens with one attached hydrogen (secondary N) is 1. The first-order valence-corrected chi connectivity index (χ1v) is 3.94. The Morgan fingerprint density at radius 2 is 1.10 bits per heavy atom. The molecule has 0 spiro atoms. The van der Waals surface area contributed by atoms with Crippen molar-refractivity contribution in [1.82, 2.24) is 5.32 Å². The van der Waals surface area contributed by atoms with Crippen molar-refractivity contribution in [3.05, 3.63) is 0 Å². The van der Waals surface area contributed by atoms with Crippen LogP contribution in [0, 0.1) is 11.3 Å². The van der Waals surface area contributed by atoms with Gasteiger partial charge in [0.25, 0.3) is 0 Å². The normalized spacial score (nSPS) is 10.8. The minimum atomic E-state index is 0.500. The van der Waals surface area contributed by atoms with Crippen LogP contribution in [0.1, 0.15) is 34.6 Å². The van der Waals surface area contributed by atoms with E-state index in [-0.39, 0.29) is 0 Å². The summed E-state index contributed by atoms with van der Waals surface area (Å²) >= 11 is 0. The predicted molar refractivity (Wildman–Crippen MR) is 49.3 cm³/mol. The average molecular weight is 145 g/mol. The van der Waals surface area contributed by atoms with Crippen LogP contribution in [0.5, 0.6) is 0 Å². The fraction of sp³-hybridized carbons (Fsp3) is 1.00. The SMILES string of the molecule is CC(C)C(C)(C)C.CNC. The highest BCUT2D eigenvalue weighted by Crippen LogP contribution is 2.23. The molecule has 0 atom stereocenters. The van der Waals surface area contributed by atoms with Crippen molar-refractivity contribution in [1.29, 1.82) is 0 Å². The van der Waals surface area contributed by atoms with Crippen LogP contribution in [0.2, 0.25) is 0 Å². The Balaban J connectivity index is 0. The van der Waals surface area contributed by atoms with Gasteiger partial charge in [0.15, 0.2) is 0 Å². The summed E-state index contributed by atoms with van der Waals surface area (Å²) in [7, 11) is 3.75. The second-order valence-electron chi connectivity index (χ2n) is 4.02. The molecule has 0 aromatic heterocycles. The molecule has 1 heteroatoms. The van der Waals surface area contributed by atoms with E-state index < -0.39 is 0 Å². The van der Waals surface area contributed by atoms with E-state index in [1.807, 2.05) is 14.1 Å². The summed E-state index contributed by atoms with van der Waals surface area (Å²) in [6, 6.07) is 0. The highest BCUT2D eigenvalue weighted by atomic mass is 14.7. The minimum Gasteiger partial charge on any atom is -0.323 e. The summed E-state index contributed by atoms with van der Waals surface area (Å²) in [6.45, 7) is 11.3. The molecule has 0 aliphatic heterocycles. The zero-order valence-electron chi connectivity index (χ0n) is 8.58. The molecule has 64 valence electrons. The molecule has 0 unspecified atom stereocenters. The van der Waals surface area contributed by atoms with Gasteiger partial charge in [0.05, 0.1) is 0 Å². The van der Waals surface area contributed by atoms with Crippen molar-refractivity contribution in [2.45, 2.75) is 34.6 Å². The second-order valence-corrected chi connectivity index (χ2v) is 4.02. The van der Waals surface area contributed by atoms with Gasteiger partial charge in [-0.15, -0.1) is 0 Å². The molecule has 0 rings (SSSR count). The van der Waals surface area contributed by atoms with Gasteiger partial charge in [0.1, 0.15) is 0 Å². The molecule has 0 fully saturated rings. The topological polar surface area (TPSA) is 12.0 Å². The largest absolute Gasteiger partial charge is 0.323 e. The van der Waals surface area contributed by atoms with Crippen molar-refractivity contribution in [3.8, 4) is 0 Å². The fourth-order valence-corrected chi connectivity index (χ4v) is 0. The van der Waals surface area contributed by atoms with Gasteiger partial charge in [-0.3, -0.25) is 0 Å². The molecule has 0 radical (unpaired) electrons. The van der Waals surface area contributed by atoms with Crippen LogP contribution < -0.4 is 5.32 Å². The average Bonchev–Trinajstić information content (AvgIpc) is 1.64. The minimum absolute atomic E-state index is 0.500. The maximum Gasteiger partial charge on any atom is -0.0167 e. The van der Waals surface area contributed by atoms with E-state index in [1.54, 1.807) is 0 Å². The number of hydrogen-bond donors (Lipinski definition) is 1. The first-order valence-electron chi connectivity index (χ1n) is 3.94. The Labute approximate surface area is 66.2 Å². The summed E-state index contributed by atoms with van der Waals surface area (Å²) in [5.41, 5.74) is 0.500. The summed E-state index contributed by atoms with van der Waals surface area (Å²) in [4.78, 5) is 0. The molecule has 1 N–H and O–H groups in total. The van der Waals surface area contributed by atoms with E-state index in [1.165, 1.54) is 0 Å². The van der Waals surface area contributed by atoms with Crippen molar-refractivity contribution >= 4 is 0 Å². The quantitative estimate of drug-likeness (QED) is 0.552. The third-order valence-corrected chi connectivity index (χ3v) is 1.73. The van der Waals surface area contributed by atoms with Gasteiger partial charge in [-0.1, -0.05) is 34.6 Å². The van der Waals surface area contributed by atoms with Crippen LogP contribution in [0.25, 0.3) is 0 Å². The van der Waals surface area contributed by atoms with Crippen molar-refractivity contribution in [2.75, 3.05) is 14.1 Å². The summed E-state index contributed by atoms with van der Waals surface area (Å²) < 4.78 is 0. The highest BCUT2D eigenvalue weighted by Gasteiger charge is 2.13. The highest BCUT2D eigenvalue weighted by molar-refractivity contribution is 4.64. The molecule has 0 aliphatic rings. The Morgan fingerprint density at radius 1 is 1.00 bits per heavy atom. The monoisotopic (exact) mass is 145 g/mol. The molecule has 0 heterocycles. The van der Waals surface area contributed by atoms with Crippen LogP contribution in [0.4, 0.5) is 0 Å². The molecule has 0 aromatic carbocycles. The van der Waals surface area contributed by atoms with Gasteiger partial charge in [0, 0.05) is 0 Å². The zero-order valence-corrected chi connectivity index (χ0v) is 8.58. The third kappa shape index (κ3) is 10.9. The van der Waals surface area contributed by atoms with Crippen LogP contribution >= 0.6 is 0 Å². The molecule has 0 saturated carbocycles. The molecule has 0 saturated heterocycles. The number of hydrogen-bond acceptors (Lipinski definition) is 1. The molecular weight excluding hydrogens is 122 g/mol. The number of rotatable bonds is 0. The third-order valence-electron chi connectivity index (χ3n) is 1.73. The van der Waals surface area contributed by atoms with Crippen LogP contribution in [-0.4, -0.2) is 14.1 Å². The van der Waals surface area contributed by atoms with E-state index in [0.717, 1.165) is 5.92 Å². The Bertz CT molecular complexity index is 59.6. The van der Waals surface area contributed by atoms with E-state index in [0.29, 0.717) is 5.41 Å². The zero-order chi connectivity index (χ0) is 8.78. The fourth-order valence-electron chi connectivity index (χ4n) is 0. The lowest BCUT2D eigenvalue weighted by atomic mass is 9.84. The lowest BCUT2D eigenvalue weighted by Crippen LogP contribution is -2.12. The van der Waals surface area contributed by atoms with Gasteiger partial charge in [-0.2, -0.15) is 0 Å². The summed E-state index contributed by atoms with van der Waals surface area (Å²) in [5.74, 6) is 0.799. The van der Waals surface area contributed by atoms with E-state index >= 15 is 0 Å². The Kier molecular flexibility index (Phi) is 7.22. The molecule has 0 aromatic rings. The maximum atomic E-state index is 2.75. The van der Waals surface area contributed by atoms with Gasteiger partial charge < -0.3 is 5.32 Å². The second kappa shape index (κ2) is 5.72. The summed E-state index contributed by atoms with van der Waals surface area (Å²) in [6.07, 6.45) is 0. The van der Waals surface area contributed by atoms with E-state index in [9.17, 15) is 0 Å². The van der Waals surface area contributed by atoms with Crippen molar-refractivity contribution in [2.24, 2.45) is 11.3 Å². The summed E-state index contributed by atoms with van der Waals surface area (Å²) in [5, 5.41) is 2.75. The molecular formula is C9H23N. The Morgan fingerprint density at radius 3 is 1.10 bits per heavy atom. The maximum absolute atomic E-state index is 2.75. The predicted octanol–water partition coefficient (Wildman–Crippen LogP) is 2.52. The molecule has 10 heavy (non-hydrogen) atoms. The van der Waals surface area contributed by atoms with Crippen LogP contribution in [0.15, 0.2) is 0 Å². The smallest absolute Gasteiger partial charge is 0.0167 e. The van der Waals surface area contributed by atoms with Crippen molar-refractivity contribution in [3.63, 3.8) is 0 Å². The van der Waals surface area contributed by atoms with E-state index in [2.05, 4.69) is 39.9 Å². The first kappa shape index (κ1) is 12.6. The van der Waals surface area contributed by atoms with E-state index in [4.69, 9.17) is 0 Å². The van der Waals surface area contributed by atoms with Crippen LogP contribution in [0.3, 0.4) is 0 Å². The molecule has 1 nitrogen and oxygen atoms in total. The van der Waals surface area contributed by atoms with Gasteiger partial charge in [-0.25, -0.2) is 0 Å². The lowest BCUT2D eigenvalue weighted by molar-refractivity contribution is 0.283. The van der Waals surface area contributed by atoms with Gasteiger partial charge in [-0.05, 0) is 25.4 Å². The van der Waals surface area contributed by atoms with Gasteiger partial charge in [0.2, 0.25) is 0 Å². The molecule has 0 amide bonds. The first-order chi connectivity index (χ1) is 4.36. The van der Waals surface area contributed by atoms with Crippen LogP contribution in [-0.2, 0) is 0 Å².